The van der Waals surface area contributed by atoms with Crippen LogP contribution < -0.4 is 31.2 Å². The highest BCUT2D eigenvalue weighted by atomic mass is 32.1. The van der Waals surface area contributed by atoms with Crippen LogP contribution in [0.1, 0.15) is 58.5 Å². The van der Waals surface area contributed by atoms with Crippen molar-refractivity contribution in [3.63, 3.8) is 0 Å². The predicted octanol–water partition coefficient (Wildman–Crippen LogP) is 3.30. The van der Waals surface area contributed by atoms with Crippen molar-refractivity contribution in [1.29, 1.82) is 0 Å². The van der Waals surface area contributed by atoms with Crippen molar-refractivity contribution < 1.29 is 28.6 Å². The second-order valence-corrected chi connectivity index (χ2v) is 9.77. The van der Waals surface area contributed by atoms with Crippen LogP contribution >= 0.6 is 11.5 Å². The zero-order valence-electron chi connectivity index (χ0n) is 22.4. The molecule has 2 atom stereocenters. The molecule has 0 saturated carbocycles. The van der Waals surface area contributed by atoms with Crippen molar-refractivity contribution in [2.75, 3.05) is 37.0 Å². The number of aromatic nitrogens is 1. The lowest BCUT2D eigenvalue weighted by atomic mass is 10.0. The lowest BCUT2D eigenvalue weighted by molar-refractivity contribution is -0.123. The minimum absolute atomic E-state index is 0.0250. The number of primary amides is 1. The van der Waals surface area contributed by atoms with Gasteiger partial charge in [0.05, 0.1) is 30.7 Å². The first-order valence-corrected chi connectivity index (χ1v) is 13.8. The Bertz CT molecular complexity index is 1340. The van der Waals surface area contributed by atoms with Crippen LogP contribution in [0.25, 0.3) is 0 Å². The lowest BCUT2D eigenvalue weighted by Gasteiger charge is -2.32. The van der Waals surface area contributed by atoms with Gasteiger partial charge >= 0.3 is 0 Å². The number of benzene rings is 2. The maximum Gasteiger partial charge on any atom is 0.273 e. The number of nitrogen functional groups attached to an aromatic ring is 1. The highest BCUT2D eigenvalue weighted by Crippen LogP contribution is 2.38. The Labute approximate surface area is 236 Å². The number of nitrogens with zero attached hydrogens (tertiary/aromatic N) is 2. The van der Waals surface area contributed by atoms with Crippen LogP contribution in [0.4, 0.5) is 11.4 Å². The molecule has 1 aliphatic rings. The first kappa shape index (κ1) is 28.8. The Hall–Kier alpha value is -4.16. The average Bonchev–Trinajstić information content (AvgIpc) is 3.61. The van der Waals surface area contributed by atoms with E-state index in [1.807, 2.05) is 13.8 Å². The Kier molecular flexibility index (Phi) is 9.56. The fourth-order valence-electron chi connectivity index (χ4n) is 4.49. The van der Waals surface area contributed by atoms with Gasteiger partial charge in [0.1, 0.15) is 22.4 Å². The summed E-state index contributed by atoms with van der Waals surface area (Å²) in [6.45, 7) is 5.43. The molecule has 212 valence electrons. The topological polar surface area (TPSA) is 159 Å². The third-order valence-corrected chi connectivity index (χ3v) is 7.19. The van der Waals surface area contributed by atoms with Gasteiger partial charge in [-0.15, -0.1) is 0 Å². The van der Waals surface area contributed by atoms with Crippen molar-refractivity contribution in [2.24, 2.45) is 5.73 Å². The normalized spacial score (nSPS) is 15.3. The molecule has 0 spiro atoms. The van der Waals surface area contributed by atoms with E-state index in [0.717, 1.165) is 24.4 Å². The van der Waals surface area contributed by atoms with E-state index in [4.69, 9.17) is 25.7 Å². The second-order valence-electron chi connectivity index (χ2n) is 9.00. The minimum Gasteiger partial charge on any atom is -0.494 e. The van der Waals surface area contributed by atoms with Crippen molar-refractivity contribution in [3.05, 3.63) is 64.7 Å². The maximum absolute atomic E-state index is 14.3. The molecule has 40 heavy (non-hydrogen) atoms. The molecule has 1 aromatic heterocycles. The van der Waals surface area contributed by atoms with Gasteiger partial charge < -0.3 is 31.0 Å². The number of anilines is 2. The SMILES string of the molecule is CCOc1ccc([C@@H](C(=O)NC[C@H]2CCCO2)N(C(=O)c2snc(C(N)=O)c2N)c2ccccc2OCC)cc1. The quantitative estimate of drug-likeness (QED) is 0.301. The molecular formula is C28H33N5O6S. The lowest BCUT2D eigenvalue weighted by Crippen LogP contribution is -2.45. The fourth-order valence-corrected chi connectivity index (χ4v) is 5.23. The third kappa shape index (κ3) is 6.35. The molecule has 0 bridgehead atoms. The molecule has 2 aromatic carbocycles. The van der Waals surface area contributed by atoms with Gasteiger partial charge in [0.2, 0.25) is 5.91 Å². The number of hydrogen-bond donors (Lipinski definition) is 3. The number of hydrogen-bond acceptors (Lipinski definition) is 9. The van der Waals surface area contributed by atoms with E-state index >= 15 is 0 Å². The zero-order chi connectivity index (χ0) is 28.6. The van der Waals surface area contributed by atoms with Crippen molar-refractivity contribution in [2.45, 2.75) is 38.8 Å². The number of carbonyl (C=O) groups is 3. The summed E-state index contributed by atoms with van der Waals surface area (Å²) in [7, 11) is 0. The van der Waals surface area contributed by atoms with Gasteiger partial charge in [0, 0.05) is 13.2 Å². The number of amides is 3. The van der Waals surface area contributed by atoms with E-state index in [2.05, 4.69) is 9.69 Å². The van der Waals surface area contributed by atoms with E-state index in [1.165, 1.54) is 4.90 Å². The van der Waals surface area contributed by atoms with Crippen LogP contribution in [-0.4, -0.2) is 54.6 Å². The summed E-state index contributed by atoms with van der Waals surface area (Å²) in [5, 5.41) is 2.96. The summed E-state index contributed by atoms with van der Waals surface area (Å²) in [6, 6.07) is 12.7. The van der Waals surface area contributed by atoms with Gasteiger partial charge in [0.25, 0.3) is 11.8 Å². The number of carbonyl (C=O) groups excluding carboxylic acids is 3. The molecule has 4 rings (SSSR count). The molecule has 1 aliphatic heterocycles. The van der Waals surface area contributed by atoms with Crippen LogP contribution in [0.15, 0.2) is 48.5 Å². The maximum atomic E-state index is 14.3. The first-order chi connectivity index (χ1) is 19.3. The Morgan fingerprint density at radius 2 is 1.85 bits per heavy atom. The fraction of sp³-hybridized carbons (Fsp3) is 0.357. The molecule has 12 heteroatoms. The van der Waals surface area contributed by atoms with Crippen molar-refractivity contribution >= 4 is 40.6 Å². The molecule has 0 unspecified atom stereocenters. The van der Waals surface area contributed by atoms with Gasteiger partial charge in [-0.05, 0) is 68.1 Å². The van der Waals surface area contributed by atoms with Gasteiger partial charge in [-0.3, -0.25) is 19.3 Å². The summed E-state index contributed by atoms with van der Waals surface area (Å²) in [6.07, 6.45) is 1.64. The molecule has 3 aromatic rings. The van der Waals surface area contributed by atoms with Crippen molar-refractivity contribution in [1.82, 2.24) is 9.69 Å². The molecule has 1 fully saturated rings. The van der Waals surface area contributed by atoms with Crippen LogP contribution in [0.3, 0.4) is 0 Å². The van der Waals surface area contributed by atoms with Gasteiger partial charge in [0.15, 0.2) is 5.69 Å². The van der Waals surface area contributed by atoms with Gasteiger partial charge in [-0.25, -0.2) is 0 Å². The van der Waals surface area contributed by atoms with E-state index in [-0.39, 0.29) is 28.9 Å². The van der Waals surface area contributed by atoms with Crippen molar-refractivity contribution in [3.8, 4) is 11.5 Å². The smallest absolute Gasteiger partial charge is 0.273 e. The number of ether oxygens (including phenoxy) is 3. The number of nitrogens with two attached hydrogens (primary N) is 2. The minimum atomic E-state index is -1.15. The highest BCUT2D eigenvalue weighted by Gasteiger charge is 2.37. The van der Waals surface area contributed by atoms with E-state index in [9.17, 15) is 14.4 Å². The molecule has 11 nitrogen and oxygen atoms in total. The molecule has 1 saturated heterocycles. The Morgan fingerprint density at radius 1 is 1.12 bits per heavy atom. The molecule has 5 N–H and O–H groups in total. The van der Waals surface area contributed by atoms with E-state index in [1.54, 1.807) is 48.5 Å². The number of para-hydroxylation sites is 2. The zero-order valence-corrected chi connectivity index (χ0v) is 23.2. The van der Waals surface area contributed by atoms with Crippen LogP contribution in [-0.2, 0) is 9.53 Å². The molecule has 3 amide bonds. The molecule has 0 radical (unpaired) electrons. The first-order valence-electron chi connectivity index (χ1n) is 13.1. The largest absolute Gasteiger partial charge is 0.494 e. The summed E-state index contributed by atoms with van der Waals surface area (Å²) in [5.74, 6) is -0.917. The molecule has 2 heterocycles. The van der Waals surface area contributed by atoms with Gasteiger partial charge in [-0.2, -0.15) is 4.37 Å². The van der Waals surface area contributed by atoms with Crippen LogP contribution in [0.2, 0.25) is 0 Å². The van der Waals surface area contributed by atoms with Crippen LogP contribution in [0, 0.1) is 0 Å². The summed E-state index contributed by atoms with van der Waals surface area (Å²) in [4.78, 5) is 41.4. The summed E-state index contributed by atoms with van der Waals surface area (Å²) >= 11 is 0.742. The Balaban J connectivity index is 1.85. The average molecular weight is 568 g/mol. The van der Waals surface area contributed by atoms with E-state index < -0.39 is 23.8 Å². The number of rotatable bonds is 12. The predicted molar refractivity (Wildman–Crippen MR) is 152 cm³/mol. The highest BCUT2D eigenvalue weighted by molar-refractivity contribution is 7.09. The standard InChI is InChI=1S/C28H33N5O6S/c1-3-37-18-13-11-17(12-14-18)24(27(35)31-16-19-8-7-15-39-19)33(20-9-5-6-10-21(20)38-4-2)28(36)25-22(29)23(26(30)34)32-40-25/h5-6,9-14,19,24H,3-4,7-8,15-16,29H2,1-2H3,(H2,30,34)(H,31,35)/t19-,24+/m1/s1. The second kappa shape index (κ2) is 13.3. The summed E-state index contributed by atoms with van der Waals surface area (Å²) in [5.41, 5.74) is 12.1. The van der Waals surface area contributed by atoms with Gasteiger partial charge in [-0.1, -0.05) is 24.3 Å². The van der Waals surface area contributed by atoms with E-state index in [0.29, 0.717) is 42.6 Å². The third-order valence-electron chi connectivity index (χ3n) is 6.34. The molecular weight excluding hydrogens is 534 g/mol. The monoisotopic (exact) mass is 567 g/mol. The summed E-state index contributed by atoms with van der Waals surface area (Å²) < 4.78 is 21.1. The Morgan fingerprint density at radius 3 is 2.48 bits per heavy atom. The molecule has 0 aliphatic carbocycles. The number of nitrogens with one attached hydrogen (secondary N) is 1. The van der Waals surface area contributed by atoms with Crippen LogP contribution in [0.5, 0.6) is 11.5 Å².